The Morgan fingerprint density at radius 1 is 0.833 bits per heavy atom. The van der Waals surface area contributed by atoms with Crippen LogP contribution in [-0.4, -0.2) is 72.9 Å². The van der Waals surface area contributed by atoms with Crippen molar-refractivity contribution in [1.82, 2.24) is 0 Å². The predicted octanol–water partition coefficient (Wildman–Crippen LogP) is 2.70. The number of aliphatic hydroxyl groups excluding tert-OH is 1. The highest BCUT2D eigenvalue weighted by Gasteiger charge is 2.56. The first kappa shape index (κ1) is 25.9. The molecule has 3 saturated carbocycles. The lowest BCUT2D eigenvalue weighted by atomic mass is 9.83. The summed E-state index contributed by atoms with van der Waals surface area (Å²) in [7, 11) is 0. The highest BCUT2D eigenvalue weighted by Crippen LogP contribution is 2.49. The molecule has 5 rings (SSSR count). The van der Waals surface area contributed by atoms with Crippen molar-refractivity contribution in [2.45, 2.75) is 108 Å². The Morgan fingerprint density at radius 3 is 2.03 bits per heavy atom. The predicted molar refractivity (Wildman–Crippen MR) is 126 cm³/mol. The molecule has 0 aromatic heterocycles. The largest absolute Gasteiger partial charge is 0.465 e. The maximum Gasteiger partial charge on any atom is 0.309 e. The van der Waals surface area contributed by atoms with Crippen molar-refractivity contribution in [2.75, 3.05) is 19.8 Å². The van der Waals surface area contributed by atoms with E-state index < -0.39 is 11.5 Å². The van der Waals surface area contributed by atoms with E-state index in [0.29, 0.717) is 38.2 Å². The number of carbonyl (C=O) groups is 3. The van der Waals surface area contributed by atoms with E-state index in [0.717, 1.165) is 32.1 Å². The van der Waals surface area contributed by atoms with Gasteiger partial charge < -0.3 is 28.8 Å². The molecular weight excluding hydrogens is 468 g/mol. The molecule has 3 aliphatic carbocycles. The van der Waals surface area contributed by atoms with E-state index >= 15 is 0 Å². The molecule has 2 heterocycles. The monoisotopic (exact) mass is 508 g/mol. The van der Waals surface area contributed by atoms with Gasteiger partial charge in [-0.15, -0.1) is 0 Å². The lowest BCUT2D eigenvalue weighted by Gasteiger charge is -2.31. The zero-order valence-corrected chi connectivity index (χ0v) is 21.4. The summed E-state index contributed by atoms with van der Waals surface area (Å²) < 4.78 is 28.3. The summed E-state index contributed by atoms with van der Waals surface area (Å²) in [6.45, 7) is 3.81. The molecule has 5 fully saturated rings. The first-order valence-corrected chi connectivity index (χ1v) is 13.7. The molecule has 0 spiro atoms. The zero-order chi connectivity index (χ0) is 25.5. The molecule has 0 bridgehead atoms. The van der Waals surface area contributed by atoms with Crippen molar-refractivity contribution >= 4 is 17.9 Å². The van der Waals surface area contributed by atoms with Gasteiger partial charge in [0.1, 0.15) is 19.8 Å². The Labute approximate surface area is 212 Å². The molecule has 2 aliphatic heterocycles. The molecule has 5 aliphatic rings. The van der Waals surface area contributed by atoms with Crippen LogP contribution in [0.25, 0.3) is 0 Å². The second-order valence-electron chi connectivity index (χ2n) is 12.3. The average Bonchev–Trinajstić information content (AvgIpc) is 3.78. The third kappa shape index (κ3) is 6.05. The molecule has 0 radical (unpaired) electrons. The van der Waals surface area contributed by atoms with E-state index in [1.54, 1.807) is 6.92 Å². The maximum absolute atomic E-state index is 12.8. The smallest absolute Gasteiger partial charge is 0.309 e. The number of hydrogen-bond donors (Lipinski definition) is 1. The average molecular weight is 509 g/mol. The highest BCUT2D eigenvalue weighted by molar-refractivity contribution is 5.74. The van der Waals surface area contributed by atoms with Crippen LogP contribution in [0.1, 0.15) is 78.1 Å². The van der Waals surface area contributed by atoms with Gasteiger partial charge in [0.15, 0.2) is 0 Å². The standard InChI is InChI=1S/C27H40O9/c1-26(13-32-23(29)16-4-3-5-19(28)10-16,14-33-24(30)17-6-7-20-21(11-17)35-20)15-34-25(31)18-8-9-27(2)22(12-18)36-27/h16-22,28H,3-15H2,1-2H3. The van der Waals surface area contributed by atoms with Gasteiger partial charge in [-0.05, 0) is 71.6 Å². The lowest BCUT2D eigenvalue weighted by molar-refractivity contribution is -0.167. The van der Waals surface area contributed by atoms with E-state index in [-0.39, 0.29) is 73.3 Å². The summed E-state index contributed by atoms with van der Waals surface area (Å²) >= 11 is 0. The zero-order valence-electron chi connectivity index (χ0n) is 21.4. The van der Waals surface area contributed by atoms with Crippen LogP contribution < -0.4 is 0 Å². The van der Waals surface area contributed by atoms with Gasteiger partial charge in [-0.1, -0.05) is 6.42 Å². The number of hydrogen-bond acceptors (Lipinski definition) is 9. The van der Waals surface area contributed by atoms with Crippen LogP contribution >= 0.6 is 0 Å². The third-order valence-electron chi connectivity index (χ3n) is 8.86. The Hall–Kier alpha value is -1.71. The Balaban J connectivity index is 1.15. The fourth-order valence-electron chi connectivity index (χ4n) is 6.07. The van der Waals surface area contributed by atoms with Gasteiger partial charge in [0.05, 0.1) is 53.2 Å². The molecule has 202 valence electrons. The number of carbonyl (C=O) groups excluding carboxylic acids is 3. The van der Waals surface area contributed by atoms with Gasteiger partial charge in [-0.3, -0.25) is 14.4 Å². The molecular formula is C27H40O9. The Kier molecular flexibility index (Phi) is 7.36. The SMILES string of the molecule is CC(COC(=O)C1CCCC(O)C1)(COC(=O)C1CCC2OC2C1)COC(=O)C1CCC2(C)OC2C1. The van der Waals surface area contributed by atoms with Crippen molar-refractivity contribution in [3.05, 3.63) is 0 Å². The quantitative estimate of drug-likeness (QED) is 0.284. The van der Waals surface area contributed by atoms with Crippen LogP contribution in [0.4, 0.5) is 0 Å². The normalized spacial score (nSPS) is 40.6. The first-order valence-electron chi connectivity index (χ1n) is 13.7. The molecule has 36 heavy (non-hydrogen) atoms. The van der Waals surface area contributed by atoms with Gasteiger partial charge in [-0.25, -0.2) is 0 Å². The number of rotatable bonds is 9. The summed E-state index contributed by atoms with van der Waals surface area (Å²) in [4.78, 5) is 38.3. The number of epoxide rings is 2. The van der Waals surface area contributed by atoms with Crippen LogP contribution in [0.15, 0.2) is 0 Å². The van der Waals surface area contributed by atoms with E-state index in [2.05, 4.69) is 6.92 Å². The van der Waals surface area contributed by atoms with Crippen molar-refractivity contribution in [1.29, 1.82) is 0 Å². The van der Waals surface area contributed by atoms with Gasteiger partial charge in [0.2, 0.25) is 0 Å². The number of aliphatic hydroxyl groups is 1. The molecule has 9 unspecified atom stereocenters. The number of fused-ring (bicyclic) bond motifs is 2. The topological polar surface area (TPSA) is 124 Å². The van der Waals surface area contributed by atoms with Crippen molar-refractivity contribution in [3.63, 3.8) is 0 Å². The molecule has 2 saturated heterocycles. The van der Waals surface area contributed by atoms with Crippen molar-refractivity contribution in [3.8, 4) is 0 Å². The summed E-state index contributed by atoms with van der Waals surface area (Å²) in [5.41, 5.74) is -0.953. The number of ether oxygens (including phenoxy) is 5. The lowest BCUT2D eigenvalue weighted by Crippen LogP contribution is -2.40. The fourth-order valence-corrected chi connectivity index (χ4v) is 6.07. The summed E-state index contributed by atoms with van der Waals surface area (Å²) in [6, 6.07) is 0. The second kappa shape index (κ2) is 10.2. The molecule has 0 aromatic carbocycles. The molecule has 9 atom stereocenters. The van der Waals surface area contributed by atoms with E-state index in [1.165, 1.54) is 0 Å². The van der Waals surface area contributed by atoms with Crippen LogP contribution in [0.5, 0.6) is 0 Å². The van der Waals surface area contributed by atoms with Gasteiger partial charge in [-0.2, -0.15) is 0 Å². The van der Waals surface area contributed by atoms with Crippen LogP contribution in [-0.2, 0) is 38.1 Å². The highest BCUT2D eigenvalue weighted by atomic mass is 16.6. The van der Waals surface area contributed by atoms with Gasteiger partial charge in [0, 0.05) is 0 Å². The van der Waals surface area contributed by atoms with Crippen molar-refractivity contribution in [2.24, 2.45) is 23.2 Å². The first-order chi connectivity index (χ1) is 17.1. The Morgan fingerprint density at radius 2 is 1.44 bits per heavy atom. The summed E-state index contributed by atoms with van der Waals surface area (Å²) in [5, 5.41) is 9.91. The Bertz CT molecular complexity index is 836. The van der Waals surface area contributed by atoms with Gasteiger partial charge in [0.25, 0.3) is 0 Å². The molecule has 1 N–H and O–H groups in total. The van der Waals surface area contributed by atoms with Crippen molar-refractivity contribution < 1.29 is 43.2 Å². The third-order valence-corrected chi connectivity index (χ3v) is 8.86. The second-order valence-corrected chi connectivity index (χ2v) is 12.3. The van der Waals surface area contributed by atoms with Gasteiger partial charge >= 0.3 is 17.9 Å². The molecule has 0 amide bonds. The maximum atomic E-state index is 12.8. The number of esters is 3. The minimum absolute atomic E-state index is 0.0143. The van der Waals surface area contributed by atoms with Crippen LogP contribution in [0, 0.1) is 23.2 Å². The molecule has 9 nitrogen and oxygen atoms in total. The van der Waals surface area contributed by atoms with Crippen LogP contribution in [0.2, 0.25) is 0 Å². The van der Waals surface area contributed by atoms with Crippen LogP contribution in [0.3, 0.4) is 0 Å². The molecule has 9 heteroatoms. The van der Waals surface area contributed by atoms with E-state index in [4.69, 9.17) is 23.7 Å². The fraction of sp³-hybridized carbons (Fsp3) is 0.889. The summed E-state index contributed by atoms with van der Waals surface area (Å²) in [5.74, 6) is -1.66. The summed E-state index contributed by atoms with van der Waals surface area (Å²) in [6.07, 6.45) is 7.19. The van der Waals surface area contributed by atoms with E-state index in [9.17, 15) is 19.5 Å². The minimum Gasteiger partial charge on any atom is -0.465 e. The minimum atomic E-state index is -0.874. The van der Waals surface area contributed by atoms with E-state index in [1.807, 2.05) is 0 Å². The molecule has 0 aromatic rings.